The van der Waals surface area contributed by atoms with E-state index in [1.54, 1.807) is 0 Å². The maximum absolute atomic E-state index is 12.9. The number of allylic oxidation sites excluding steroid dienone is 2. The summed E-state index contributed by atoms with van der Waals surface area (Å²) >= 11 is 1.42. The number of nitrogens with zero attached hydrogens (tertiary/aromatic N) is 1. The summed E-state index contributed by atoms with van der Waals surface area (Å²) in [7, 11) is 0. The highest BCUT2D eigenvalue weighted by Crippen LogP contribution is 2.36. The van der Waals surface area contributed by atoms with Crippen molar-refractivity contribution in [2.75, 3.05) is 5.32 Å². The number of nitrogens with one attached hydrogen (secondary N) is 1. The number of carbonyl (C=O) groups excluding carboxylic acids is 1. The molecule has 2 N–H and O–H groups in total. The van der Waals surface area contributed by atoms with Crippen molar-refractivity contribution >= 4 is 28.3 Å². The largest absolute Gasteiger partial charge is 0.481 e. The van der Waals surface area contributed by atoms with Gasteiger partial charge >= 0.3 is 5.97 Å². The van der Waals surface area contributed by atoms with Crippen LogP contribution >= 0.6 is 11.3 Å². The van der Waals surface area contributed by atoms with Crippen LogP contribution in [-0.4, -0.2) is 22.0 Å². The van der Waals surface area contributed by atoms with Gasteiger partial charge in [0.25, 0.3) is 0 Å². The molecule has 0 saturated heterocycles. The SMILES string of the molecule is CC1=C(C)C[C@@H](C(=O)Nc2nc(-c3ccc(CC(C)C)cc3)c(C)s2)[C@@H](C(=O)O)C1. The fourth-order valence-electron chi connectivity index (χ4n) is 4.01. The Morgan fingerprint density at radius 1 is 1.10 bits per heavy atom. The molecule has 160 valence electrons. The monoisotopic (exact) mass is 426 g/mol. The standard InChI is InChI=1S/C24H30N2O3S/c1-13(2)10-17-6-8-18(9-7-17)21-16(5)30-24(25-21)26-22(27)19-11-14(3)15(4)12-20(19)23(28)29/h6-9,13,19-20H,10-12H2,1-5H3,(H,28,29)(H,25,26,27)/t19-,20+/m1/s1. The predicted molar refractivity (Wildman–Crippen MR) is 122 cm³/mol. The Balaban J connectivity index is 1.77. The van der Waals surface area contributed by atoms with Gasteiger partial charge in [-0.05, 0) is 51.5 Å². The molecule has 0 radical (unpaired) electrons. The lowest BCUT2D eigenvalue weighted by Crippen LogP contribution is -2.36. The van der Waals surface area contributed by atoms with E-state index < -0.39 is 17.8 Å². The summed E-state index contributed by atoms with van der Waals surface area (Å²) < 4.78 is 0. The summed E-state index contributed by atoms with van der Waals surface area (Å²) in [6.45, 7) is 10.3. The van der Waals surface area contributed by atoms with Crippen molar-refractivity contribution in [2.24, 2.45) is 17.8 Å². The van der Waals surface area contributed by atoms with Crippen LogP contribution in [-0.2, 0) is 16.0 Å². The van der Waals surface area contributed by atoms with Gasteiger partial charge in [0.05, 0.1) is 17.5 Å². The number of thiazole rings is 1. The first-order valence-corrected chi connectivity index (χ1v) is 11.2. The van der Waals surface area contributed by atoms with Crippen LogP contribution < -0.4 is 5.32 Å². The molecule has 0 fully saturated rings. The first-order chi connectivity index (χ1) is 14.2. The zero-order chi connectivity index (χ0) is 22.0. The van der Waals surface area contributed by atoms with Gasteiger partial charge in [0, 0.05) is 10.4 Å². The first-order valence-electron chi connectivity index (χ1n) is 10.4. The molecular weight excluding hydrogens is 396 g/mol. The van der Waals surface area contributed by atoms with Crippen LogP contribution in [0, 0.1) is 24.7 Å². The summed E-state index contributed by atoms with van der Waals surface area (Å²) in [5, 5.41) is 13.0. The molecule has 1 aromatic heterocycles. The minimum atomic E-state index is -0.917. The van der Waals surface area contributed by atoms with Crippen molar-refractivity contribution in [1.82, 2.24) is 4.98 Å². The summed E-state index contributed by atoms with van der Waals surface area (Å²) in [6, 6.07) is 8.40. The van der Waals surface area contributed by atoms with Crippen LogP contribution in [0.1, 0.15) is 51.0 Å². The van der Waals surface area contributed by atoms with E-state index in [0.29, 0.717) is 23.9 Å². The molecule has 1 amide bonds. The number of carbonyl (C=O) groups is 2. The van der Waals surface area contributed by atoms with E-state index in [1.807, 2.05) is 20.8 Å². The van der Waals surface area contributed by atoms with Crippen molar-refractivity contribution in [2.45, 2.75) is 53.9 Å². The van der Waals surface area contributed by atoms with Crippen molar-refractivity contribution in [3.05, 3.63) is 45.9 Å². The molecule has 0 spiro atoms. The second-order valence-electron chi connectivity index (χ2n) is 8.73. The predicted octanol–water partition coefficient (Wildman–Crippen LogP) is 5.70. The molecule has 30 heavy (non-hydrogen) atoms. The lowest BCUT2D eigenvalue weighted by Gasteiger charge is -2.29. The average Bonchev–Trinajstić information content (AvgIpc) is 3.03. The molecular formula is C24H30N2O3S. The van der Waals surface area contributed by atoms with Crippen molar-refractivity contribution in [3.8, 4) is 11.3 Å². The maximum atomic E-state index is 12.9. The fraction of sp³-hybridized carbons (Fsp3) is 0.458. The lowest BCUT2D eigenvalue weighted by molar-refractivity contribution is -0.146. The summed E-state index contributed by atoms with van der Waals surface area (Å²) in [5.41, 5.74) is 5.35. The zero-order valence-electron chi connectivity index (χ0n) is 18.3. The molecule has 1 aromatic carbocycles. The highest BCUT2D eigenvalue weighted by atomic mass is 32.1. The van der Waals surface area contributed by atoms with Crippen molar-refractivity contribution < 1.29 is 14.7 Å². The number of amides is 1. The lowest BCUT2D eigenvalue weighted by atomic mass is 9.76. The number of rotatable bonds is 6. The molecule has 1 heterocycles. The Morgan fingerprint density at radius 2 is 1.70 bits per heavy atom. The number of carboxylic acids is 1. The highest BCUT2D eigenvalue weighted by molar-refractivity contribution is 7.16. The van der Waals surface area contributed by atoms with Crippen molar-refractivity contribution in [3.63, 3.8) is 0 Å². The topological polar surface area (TPSA) is 79.3 Å². The van der Waals surface area contributed by atoms with E-state index in [-0.39, 0.29) is 5.91 Å². The highest BCUT2D eigenvalue weighted by Gasteiger charge is 2.37. The molecule has 3 rings (SSSR count). The average molecular weight is 427 g/mol. The Hall–Kier alpha value is -2.47. The van der Waals surface area contributed by atoms with Gasteiger partial charge in [-0.3, -0.25) is 9.59 Å². The van der Waals surface area contributed by atoms with Crippen LogP contribution in [0.15, 0.2) is 35.4 Å². The van der Waals surface area contributed by atoms with E-state index in [1.165, 1.54) is 16.9 Å². The molecule has 0 saturated carbocycles. The summed E-state index contributed by atoms with van der Waals surface area (Å²) in [5.74, 6) is -1.84. The molecule has 5 nitrogen and oxygen atoms in total. The third-order valence-electron chi connectivity index (χ3n) is 5.82. The van der Waals surface area contributed by atoms with Gasteiger partial charge in [-0.25, -0.2) is 4.98 Å². The van der Waals surface area contributed by atoms with E-state index >= 15 is 0 Å². The second kappa shape index (κ2) is 9.13. The molecule has 1 aliphatic rings. The number of hydrogen-bond acceptors (Lipinski definition) is 4. The zero-order valence-corrected chi connectivity index (χ0v) is 19.1. The first kappa shape index (κ1) is 22.2. The van der Waals surface area contributed by atoms with Crippen LogP contribution in [0.25, 0.3) is 11.3 Å². The third kappa shape index (κ3) is 4.98. The Bertz CT molecular complexity index is 973. The van der Waals surface area contributed by atoms with Gasteiger partial charge in [-0.1, -0.05) is 49.3 Å². The summed E-state index contributed by atoms with van der Waals surface area (Å²) in [4.78, 5) is 30.3. The second-order valence-corrected chi connectivity index (χ2v) is 9.93. The number of aryl methyl sites for hydroxylation is 1. The molecule has 1 aliphatic carbocycles. The molecule has 0 aliphatic heterocycles. The van der Waals surface area contributed by atoms with Crippen LogP contribution in [0.4, 0.5) is 5.13 Å². The maximum Gasteiger partial charge on any atom is 0.307 e. The minimum absolute atomic E-state index is 0.262. The number of anilines is 1. The van der Waals surface area contributed by atoms with E-state index in [9.17, 15) is 14.7 Å². The normalized spacial score (nSPS) is 19.3. The number of hydrogen-bond donors (Lipinski definition) is 2. The van der Waals surface area contributed by atoms with Gasteiger partial charge in [-0.15, -0.1) is 11.3 Å². The van der Waals surface area contributed by atoms with Gasteiger partial charge in [0.15, 0.2) is 5.13 Å². The van der Waals surface area contributed by atoms with Crippen molar-refractivity contribution in [1.29, 1.82) is 0 Å². The van der Waals surface area contributed by atoms with Gasteiger partial charge in [-0.2, -0.15) is 0 Å². The number of aromatic nitrogens is 1. The molecule has 0 unspecified atom stereocenters. The van der Waals surface area contributed by atoms with E-state index in [0.717, 1.165) is 33.7 Å². The Morgan fingerprint density at radius 3 is 2.27 bits per heavy atom. The quantitative estimate of drug-likeness (QED) is 0.581. The smallest absolute Gasteiger partial charge is 0.307 e. The number of benzene rings is 1. The number of carboxylic acid groups (broad SMARTS) is 1. The van der Waals surface area contributed by atoms with Crippen LogP contribution in [0.3, 0.4) is 0 Å². The van der Waals surface area contributed by atoms with E-state index in [4.69, 9.17) is 0 Å². The molecule has 6 heteroatoms. The van der Waals surface area contributed by atoms with Crippen LogP contribution in [0.2, 0.25) is 0 Å². The van der Waals surface area contributed by atoms with Crippen LogP contribution in [0.5, 0.6) is 0 Å². The van der Waals surface area contributed by atoms with E-state index in [2.05, 4.69) is 48.4 Å². The van der Waals surface area contributed by atoms with Gasteiger partial charge in [0.1, 0.15) is 0 Å². The molecule has 0 bridgehead atoms. The van der Waals surface area contributed by atoms with Gasteiger partial charge in [0.2, 0.25) is 5.91 Å². The Kier molecular flexibility index (Phi) is 6.76. The molecule has 2 aromatic rings. The third-order valence-corrected chi connectivity index (χ3v) is 6.70. The Labute approximate surface area is 182 Å². The molecule has 2 atom stereocenters. The fourth-order valence-corrected chi connectivity index (χ4v) is 4.85. The van der Waals surface area contributed by atoms with Gasteiger partial charge < -0.3 is 10.4 Å². The number of aliphatic carboxylic acids is 1. The summed E-state index contributed by atoms with van der Waals surface area (Å²) in [6.07, 6.45) is 1.93. The minimum Gasteiger partial charge on any atom is -0.481 e.